The van der Waals surface area contributed by atoms with Crippen molar-refractivity contribution in [3.05, 3.63) is 51.8 Å². The summed E-state index contributed by atoms with van der Waals surface area (Å²) in [6.45, 7) is 1.86. The van der Waals surface area contributed by atoms with E-state index in [0.29, 0.717) is 22.2 Å². The van der Waals surface area contributed by atoms with E-state index in [2.05, 4.69) is 20.3 Å². The minimum Gasteiger partial charge on any atom is -0.372 e. The largest absolute Gasteiger partial charge is 0.372 e. The maximum atomic E-state index is 12.4. The zero-order valence-electron chi connectivity index (χ0n) is 11.5. The number of fused-ring (bicyclic) bond motifs is 1. The predicted octanol–water partition coefficient (Wildman–Crippen LogP) is 2.18. The fourth-order valence-corrected chi connectivity index (χ4v) is 2.33. The molecule has 106 valence electrons. The first kappa shape index (κ1) is 13.5. The van der Waals surface area contributed by atoms with Gasteiger partial charge in [-0.1, -0.05) is 11.6 Å². The van der Waals surface area contributed by atoms with Crippen LogP contribution in [0.4, 0.5) is 5.82 Å². The van der Waals surface area contributed by atoms with Crippen molar-refractivity contribution in [2.75, 3.05) is 12.4 Å². The number of anilines is 1. The third kappa shape index (κ3) is 2.23. The van der Waals surface area contributed by atoms with Crippen molar-refractivity contribution in [2.45, 2.75) is 6.92 Å². The summed E-state index contributed by atoms with van der Waals surface area (Å²) in [5.41, 5.74) is 1.29. The molecule has 0 bridgehead atoms. The smallest absolute Gasteiger partial charge is 0.355 e. The number of nitrogens with one attached hydrogen (secondary N) is 1. The lowest BCUT2D eigenvalue weighted by atomic mass is 10.2. The van der Waals surface area contributed by atoms with Crippen LogP contribution in [0, 0.1) is 6.92 Å². The Balaban J connectivity index is 2.48. The number of aryl methyl sites for hydroxylation is 1. The lowest BCUT2D eigenvalue weighted by molar-refractivity contribution is 0.931. The third-order valence-corrected chi connectivity index (χ3v) is 3.43. The summed E-state index contributed by atoms with van der Waals surface area (Å²) in [5, 5.41) is 4.06. The standard InChI is InChI=1S/C14H12ClN5O/c1-8-3-4-9-12(16-2)19-14(21)20(13(9)18-8)11-7-17-6-5-10(11)15/h3-7H,1-2H3,(H,16,19,21). The van der Waals surface area contributed by atoms with Crippen LogP contribution in [0.1, 0.15) is 5.69 Å². The monoisotopic (exact) mass is 301 g/mol. The first-order chi connectivity index (χ1) is 10.1. The molecule has 0 aromatic carbocycles. The highest BCUT2D eigenvalue weighted by Crippen LogP contribution is 2.23. The average molecular weight is 302 g/mol. The molecule has 0 saturated carbocycles. The molecular weight excluding hydrogens is 290 g/mol. The summed E-state index contributed by atoms with van der Waals surface area (Å²) in [5.74, 6) is 0.485. The quantitative estimate of drug-likeness (QED) is 0.785. The van der Waals surface area contributed by atoms with Gasteiger partial charge in [-0.3, -0.25) is 4.98 Å². The van der Waals surface area contributed by atoms with Crippen LogP contribution in [-0.2, 0) is 0 Å². The van der Waals surface area contributed by atoms with Crippen molar-refractivity contribution in [3.8, 4) is 5.69 Å². The molecule has 0 aliphatic heterocycles. The van der Waals surface area contributed by atoms with E-state index in [4.69, 9.17) is 11.6 Å². The highest BCUT2D eigenvalue weighted by molar-refractivity contribution is 6.32. The molecule has 0 unspecified atom stereocenters. The molecular formula is C14H12ClN5O. The fourth-order valence-electron chi connectivity index (χ4n) is 2.14. The minimum atomic E-state index is -0.458. The van der Waals surface area contributed by atoms with Crippen LogP contribution in [0.15, 0.2) is 35.4 Å². The molecule has 21 heavy (non-hydrogen) atoms. The van der Waals surface area contributed by atoms with Gasteiger partial charge < -0.3 is 5.32 Å². The van der Waals surface area contributed by atoms with Gasteiger partial charge in [0, 0.05) is 18.9 Å². The Morgan fingerprint density at radius 2 is 2.05 bits per heavy atom. The van der Waals surface area contributed by atoms with E-state index in [-0.39, 0.29) is 0 Å². The van der Waals surface area contributed by atoms with Gasteiger partial charge in [0.05, 0.1) is 22.3 Å². The normalized spacial score (nSPS) is 10.8. The van der Waals surface area contributed by atoms with Crippen LogP contribution in [0.25, 0.3) is 16.7 Å². The lowest BCUT2D eigenvalue weighted by Crippen LogP contribution is -2.24. The van der Waals surface area contributed by atoms with Crippen LogP contribution in [-0.4, -0.2) is 26.6 Å². The van der Waals surface area contributed by atoms with Crippen molar-refractivity contribution in [3.63, 3.8) is 0 Å². The Bertz CT molecular complexity index is 890. The summed E-state index contributed by atoms with van der Waals surface area (Å²) in [7, 11) is 1.71. The second-order valence-corrected chi connectivity index (χ2v) is 4.89. The molecule has 3 aromatic heterocycles. The molecule has 3 heterocycles. The Labute approximate surface area is 125 Å². The van der Waals surface area contributed by atoms with Gasteiger partial charge >= 0.3 is 5.69 Å². The molecule has 0 aliphatic carbocycles. The van der Waals surface area contributed by atoms with E-state index < -0.39 is 5.69 Å². The zero-order valence-corrected chi connectivity index (χ0v) is 12.2. The second kappa shape index (κ2) is 5.14. The Morgan fingerprint density at radius 1 is 1.24 bits per heavy atom. The Morgan fingerprint density at radius 3 is 2.76 bits per heavy atom. The molecule has 0 spiro atoms. The number of rotatable bonds is 2. The van der Waals surface area contributed by atoms with Gasteiger partial charge in [0.25, 0.3) is 0 Å². The molecule has 3 rings (SSSR count). The third-order valence-electron chi connectivity index (χ3n) is 3.11. The van der Waals surface area contributed by atoms with E-state index >= 15 is 0 Å². The molecule has 3 aromatic rings. The lowest BCUT2D eigenvalue weighted by Gasteiger charge is -2.12. The summed E-state index contributed by atoms with van der Waals surface area (Å²) in [4.78, 5) is 24.9. The molecule has 7 heteroatoms. The highest BCUT2D eigenvalue weighted by Gasteiger charge is 2.14. The maximum absolute atomic E-state index is 12.4. The van der Waals surface area contributed by atoms with E-state index in [1.165, 1.54) is 10.8 Å². The van der Waals surface area contributed by atoms with E-state index in [9.17, 15) is 4.79 Å². The van der Waals surface area contributed by atoms with Gasteiger partial charge in [0.2, 0.25) is 0 Å². The predicted molar refractivity (Wildman–Crippen MR) is 82.2 cm³/mol. The van der Waals surface area contributed by atoms with Crippen molar-refractivity contribution >= 4 is 28.5 Å². The van der Waals surface area contributed by atoms with Gasteiger partial charge in [0.15, 0.2) is 5.65 Å². The molecule has 0 aliphatic rings. The maximum Gasteiger partial charge on any atom is 0.355 e. The van der Waals surface area contributed by atoms with Gasteiger partial charge in [-0.05, 0) is 25.1 Å². The Hall–Kier alpha value is -2.47. The number of hydrogen-bond donors (Lipinski definition) is 1. The molecule has 6 nitrogen and oxygen atoms in total. The average Bonchev–Trinajstić information content (AvgIpc) is 2.47. The van der Waals surface area contributed by atoms with Crippen LogP contribution in [0.3, 0.4) is 0 Å². The van der Waals surface area contributed by atoms with Crippen LogP contribution in [0.2, 0.25) is 5.02 Å². The van der Waals surface area contributed by atoms with Crippen molar-refractivity contribution in [2.24, 2.45) is 0 Å². The number of aromatic nitrogens is 4. The molecule has 0 fully saturated rings. The summed E-state index contributed by atoms with van der Waals surface area (Å²) >= 11 is 6.17. The topological polar surface area (TPSA) is 72.7 Å². The van der Waals surface area contributed by atoms with Crippen molar-refractivity contribution < 1.29 is 0 Å². The fraction of sp³-hybridized carbons (Fsp3) is 0.143. The summed E-state index contributed by atoms with van der Waals surface area (Å²) in [6.07, 6.45) is 3.08. The van der Waals surface area contributed by atoms with Crippen LogP contribution >= 0.6 is 11.6 Å². The highest BCUT2D eigenvalue weighted by atomic mass is 35.5. The van der Waals surface area contributed by atoms with Crippen molar-refractivity contribution in [1.29, 1.82) is 0 Å². The second-order valence-electron chi connectivity index (χ2n) is 4.48. The molecule has 0 saturated heterocycles. The molecule has 0 amide bonds. The molecule has 1 N–H and O–H groups in total. The van der Waals surface area contributed by atoms with Gasteiger partial charge in [-0.2, -0.15) is 4.98 Å². The minimum absolute atomic E-state index is 0.413. The van der Waals surface area contributed by atoms with E-state index in [1.807, 2.05) is 19.1 Å². The van der Waals surface area contributed by atoms with Crippen LogP contribution in [0.5, 0.6) is 0 Å². The first-order valence-electron chi connectivity index (χ1n) is 6.30. The SMILES string of the molecule is CNc1nc(=O)n(-c2cnccc2Cl)c2nc(C)ccc12. The van der Waals surface area contributed by atoms with E-state index in [0.717, 1.165) is 11.1 Å². The summed E-state index contributed by atoms with van der Waals surface area (Å²) < 4.78 is 1.37. The van der Waals surface area contributed by atoms with Gasteiger partial charge in [-0.25, -0.2) is 14.3 Å². The van der Waals surface area contributed by atoms with Gasteiger partial charge in [-0.15, -0.1) is 0 Å². The number of nitrogens with zero attached hydrogens (tertiary/aromatic N) is 4. The summed E-state index contributed by atoms with van der Waals surface area (Å²) in [6, 6.07) is 5.36. The van der Waals surface area contributed by atoms with Crippen LogP contribution < -0.4 is 11.0 Å². The number of halogens is 1. The van der Waals surface area contributed by atoms with E-state index in [1.54, 1.807) is 19.3 Å². The Kier molecular flexibility index (Phi) is 3.31. The van der Waals surface area contributed by atoms with Gasteiger partial charge in [0.1, 0.15) is 5.82 Å². The zero-order chi connectivity index (χ0) is 15.0. The number of pyridine rings is 2. The molecule has 0 radical (unpaired) electrons. The molecule has 0 atom stereocenters. The first-order valence-corrected chi connectivity index (χ1v) is 6.67. The number of hydrogen-bond acceptors (Lipinski definition) is 5. The van der Waals surface area contributed by atoms with Crippen molar-refractivity contribution in [1.82, 2.24) is 19.5 Å².